The molecule has 0 unspecified atom stereocenters. The first-order chi connectivity index (χ1) is 7.45. The zero-order chi connectivity index (χ0) is 12.3. The minimum atomic E-state index is -1.26. The zero-order valence-electron chi connectivity index (χ0n) is 8.98. The fourth-order valence-corrected chi connectivity index (χ4v) is 1.37. The summed E-state index contributed by atoms with van der Waals surface area (Å²) in [4.78, 5) is 21.8. The lowest BCUT2D eigenvalue weighted by Gasteiger charge is -2.08. The number of carboxylic acids is 1. The lowest BCUT2D eigenvalue weighted by Crippen LogP contribution is -2.03. The lowest BCUT2D eigenvalue weighted by molar-refractivity contribution is -0.116. The maximum Gasteiger partial charge on any atom is 0.339 e. The number of aromatic carboxylic acids is 1. The number of ketones is 1. The van der Waals surface area contributed by atoms with Gasteiger partial charge in [-0.2, -0.15) is 0 Å². The van der Waals surface area contributed by atoms with Crippen LogP contribution in [0.2, 0.25) is 0 Å². The molecule has 0 aromatic heterocycles. The first-order valence-corrected chi connectivity index (χ1v) is 4.58. The highest BCUT2D eigenvalue weighted by Gasteiger charge is 2.16. The SMILES string of the molecule is COc1cc(CC(C)=O)cc(C(=O)O)c1O. The van der Waals surface area contributed by atoms with Crippen LogP contribution in [-0.4, -0.2) is 29.1 Å². The van der Waals surface area contributed by atoms with Crippen molar-refractivity contribution in [2.45, 2.75) is 13.3 Å². The van der Waals surface area contributed by atoms with Gasteiger partial charge in [0.1, 0.15) is 11.3 Å². The van der Waals surface area contributed by atoms with E-state index in [4.69, 9.17) is 9.84 Å². The van der Waals surface area contributed by atoms with Crippen molar-refractivity contribution in [2.24, 2.45) is 0 Å². The van der Waals surface area contributed by atoms with E-state index in [0.717, 1.165) is 0 Å². The van der Waals surface area contributed by atoms with E-state index in [1.807, 2.05) is 0 Å². The van der Waals surface area contributed by atoms with Crippen molar-refractivity contribution in [1.29, 1.82) is 0 Å². The number of carboxylic acid groups (broad SMARTS) is 1. The third-order valence-electron chi connectivity index (χ3n) is 2.04. The summed E-state index contributed by atoms with van der Waals surface area (Å²) in [7, 11) is 1.32. The van der Waals surface area contributed by atoms with Gasteiger partial charge >= 0.3 is 5.97 Å². The average molecular weight is 224 g/mol. The van der Waals surface area contributed by atoms with Crippen molar-refractivity contribution in [1.82, 2.24) is 0 Å². The second kappa shape index (κ2) is 4.65. The standard InChI is InChI=1S/C11H12O5/c1-6(12)3-7-4-8(11(14)15)10(13)9(5-7)16-2/h4-5,13H,3H2,1-2H3,(H,14,15). The highest BCUT2D eigenvalue weighted by molar-refractivity contribution is 5.92. The molecule has 86 valence electrons. The first kappa shape index (κ1) is 12.0. The molecule has 0 fully saturated rings. The number of methoxy groups -OCH3 is 1. The van der Waals surface area contributed by atoms with Gasteiger partial charge in [0.05, 0.1) is 7.11 Å². The number of phenols is 1. The minimum Gasteiger partial charge on any atom is -0.504 e. The van der Waals surface area contributed by atoms with Gasteiger partial charge < -0.3 is 14.9 Å². The minimum absolute atomic E-state index is 0.0520. The van der Waals surface area contributed by atoms with Crippen LogP contribution in [0, 0.1) is 0 Å². The van der Waals surface area contributed by atoms with E-state index in [1.165, 1.54) is 26.2 Å². The van der Waals surface area contributed by atoms with Crippen molar-refractivity contribution in [2.75, 3.05) is 7.11 Å². The molecule has 1 aromatic carbocycles. The van der Waals surface area contributed by atoms with E-state index in [2.05, 4.69) is 0 Å². The number of hydrogen-bond acceptors (Lipinski definition) is 4. The fourth-order valence-electron chi connectivity index (χ4n) is 1.37. The van der Waals surface area contributed by atoms with Crippen LogP contribution in [0.25, 0.3) is 0 Å². The van der Waals surface area contributed by atoms with E-state index in [0.29, 0.717) is 5.56 Å². The molecule has 16 heavy (non-hydrogen) atoms. The Hall–Kier alpha value is -2.04. The Morgan fingerprint density at radius 2 is 2.00 bits per heavy atom. The number of carbonyl (C=O) groups is 2. The highest BCUT2D eigenvalue weighted by Crippen LogP contribution is 2.31. The predicted octanol–water partition coefficient (Wildman–Crippen LogP) is 1.23. The molecule has 1 rings (SSSR count). The summed E-state index contributed by atoms with van der Waals surface area (Å²) in [5, 5.41) is 18.4. The fraction of sp³-hybridized carbons (Fsp3) is 0.273. The molecule has 0 amide bonds. The second-order valence-electron chi connectivity index (χ2n) is 3.38. The summed E-state index contributed by atoms with van der Waals surface area (Å²) in [6, 6.07) is 2.71. The summed E-state index contributed by atoms with van der Waals surface area (Å²) in [5.74, 6) is -1.73. The van der Waals surface area contributed by atoms with E-state index in [-0.39, 0.29) is 23.5 Å². The number of aromatic hydroxyl groups is 1. The Morgan fingerprint density at radius 1 is 1.38 bits per heavy atom. The Labute approximate surface area is 92.3 Å². The number of benzene rings is 1. The highest BCUT2D eigenvalue weighted by atomic mass is 16.5. The van der Waals surface area contributed by atoms with Gasteiger partial charge in [0.15, 0.2) is 11.5 Å². The van der Waals surface area contributed by atoms with Crippen molar-refractivity contribution >= 4 is 11.8 Å². The number of hydrogen-bond donors (Lipinski definition) is 2. The smallest absolute Gasteiger partial charge is 0.339 e. The second-order valence-corrected chi connectivity index (χ2v) is 3.38. The molecule has 0 saturated carbocycles. The number of rotatable bonds is 4. The van der Waals surface area contributed by atoms with E-state index < -0.39 is 11.7 Å². The number of Topliss-reactive ketones (excluding diaryl/α,β-unsaturated/α-hetero) is 1. The van der Waals surface area contributed by atoms with Crippen LogP contribution in [0.3, 0.4) is 0 Å². The lowest BCUT2D eigenvalue weighted by atomic mass is 10.0. The quantitative estimate of drug-likeness (QED) is 0.803. The summed E-state index contributed by atoms with van der Waals surface area (Å²) in [6.07, 6.45) is 0.108. The van der Waals surface area contributed by atoms with E-state index >= 15 is 0 Å². The summed E-state index contributed by atoms with van der Waals surface area (Å²) in [5.41, 5.74) is 0.232. The molecule has 5 heteroatoms. The first-order valence-electron chi connectivity index (χ1n) is 4.58. The molecule has 2 N–H and O–H groups in total. The molecule has 0 bridgehead atoms. The Morgan fingerprint density at radius 3 is 2.44 bits per heavy atom. The van der Waals surface area contributed by atoms with Crippen LogP contribution >= 0.6 is 0 Å². The summed E-state index contributed by atoms with van der Waals surface area (Å²) >= 11 is 0. The molecule has 0 spiro atoms. The molecule has 1 aromatic rings. The molecule has 0 heterocycles. The molecule has 0 aliphatic heterocycles. The molecular weight excluding hydrogens is 212 g/mol. The van der Waals surface area contributed by atoms with Gasteiger partial charge in [0, 0.05) is 6.42 Å². The van der Waals surface area contributed by atoms with Gasteiger partial charge in [-0.25, -0.2) is 4.79 Å². The van der Waals surface area contributed by atoms with Gasteiger partial charge in [0.2, 0.25) is 0 Å². The third-order valence-corrected chi connectivity index (χ3v) is 2.04. The average Bonchev–Trinajstić information content (AvgIpc) is 2.19. The normalized spacial score (nSPS) is 9.88. The van der Waals surface area contributed by atoms with Gasteiger partial charge in [0.25, 0.3) is 0 Å². The van der Waals surface area contributed by atoms with Crippen LogP contribution < -0.4 is 4.74 Å². The molecule has 0 radical (unpaired) electrons. The summed E-state index contributed by atoms with van der Waals surface area (Å²) in [6.45, 7) is 1.40. The van der Waals surface area contributed by atoms with Gasteiger partial charge in [-0.05, 0) is 24.6 Å². The zero-order valence-corrected chi connectivity index (χ0v) is 8.98. The van der Waals surface area contributed by atoms with Crippen molar-refractivity contribution in [3.63, 3.8) is 0 Å². The van der Waals surface area contributed by atoms with Crippen molar-refractivity contribution in [3.8, 4) is 11.5 Å². The van der Waals surface area contributed by atoms with Crippen LogP contribution in [0.1, 0.15) is 22.8 Å². The Kier molecular flexibility index (Phi) is 3.50. The van der Waals surface area contributed by atoms with Crippen molar-refractivity contribution < 1.29 is 24.5 Å². The van der Waals surface area contributed by atoms with Gasteiger partial charge in [-0.1, -0.05) is 0 Å². The van der Waals surface area contributed by atoms with E-state index in [1.54, 1.807) is 0 Å². The third kappa shape index (κ3) is 2.50. The Balaban J connectivity index is 3.28. The molecule has 0 aliphatic carbocycles. The Bertz CT molecular complexity index is 436. The summed E-state index contributed by atoms with van der Waals surface area (Å²) < 4.78 is 4.83. The molecule has 0 aliphatic rings. The van der Waals surface area contributed by atoms with Crippen LogP contribution in [0.15, 0.2) is 12.1 Å². The topological polar surface area (TPSA) is 83.8 Å². The van der Waals surface area contributed by atoms with Crippen LogP contribution in [0.4, 0.5) is 0 Å². The van der Waals surface area contributed by atoms with Gasteiger partial charge in [-0.3, -0.25) is 4.79 Å². The van der Waals surface area contributed by atoms with E-state index in [9.17, 15) is 14.7 Å². The van der Waals surface area contributed by atoms with Crippen LogP contribution in [0.5, 0.6) is 11.5 Å². The molecular formula is C11H12O5. The molecule has 0 saturated heterocycles. The largest absolute Gasteiger partial charge is 0.504 e. The molecule has 5 nitrogen and oxygen atoms in total. The number of ether oxygens (including phenoxy) is 1. The number of carbonyl (C=O) groups excluding carboxylic acids is 1. The van der Waals surface area contributed by atoms with Gasteiger partial charge in [-0.15, -0.1) is 0 Å². The monoisotopic (exact) mass is 224 g/mol. The van der Waals surface area contributed by atoms with Crippen LogP contribution in [-0.2, 0) is 11.2 Å². The maximum absolute atomic E-state index is 10.9. The van der Waals surface area contributed by atoms with Crippen molar-refractivity contribution in [3.05, 3.63) is 23.3 Å². The maximum atomic E-state index is 10.9. The molecule has 0 atom stereocenters. The predicted molar refractivity (Wildman–Crippen MR) is 56.0 cm³/mol.